The summed E-state index contributed by atoms with van der Waals surface area (Å²) in [6.07, 6.45) is 5.08. The Hall–Kier alpha value is -1.12. The van der Waals surface area contributed by atoms with Gasteiger partial charge in [-0.05, 0) is 25.1 Å². The topological polar surface area (TPSA) is 55.1 Å². The van der Waals surface area contributed by atoms with Gasteiger partial charge in [0.05, 0.1) is 11.8 Å². The number of hydrogen-bond acceptors (Lipinski definition) is 3. The van der Waals surface area contributed by atoms with E-state index in [2.05, 4.69) is 27.2 Å². The van der Waals surface area contributed by atoms with Gasteiger partial charge in [0, 0.05) is 15.1 Å². The number of hydrogen-bond donors (Lipinski definition) is 2. The number of benzene rings is 1. The Labute approximate surface area is 114 Å². The summed E-state index contributed by atoms with van der Waals surface area (Å²) in [7, 11) is 0. The maximum absolute atomic E-state index is 11.6. The highest BCUT2D eigenvalue weighted by Crippen LogP contribution is 2.31. The van der Waals surface area contributed by atoms with Gasteiger partial charge in [-0.3, -0.25) is 4.79 Å². The van der Waals surface area contributed by atoms with E-state index >= 15 is 0 Å². The molecule has 1 aromatic carbocycles. The van der Waals surface area contributed by atoms with E-state index in [0.29, 0.717) is 5.69 Å². The highest BCUT2D eigenvalue weighted by molar-refractivity contribution is 9.10. The van der Waals surface area contributed by atoms with Gasteiger partial charge >= 0.3 is 0 Å². The summed E-state index contributed by atoms with van der Waals surface area (Å²) < 4.78 is 0.936. The summed E-state index contributed by atoms with van der Waals surface area (Å²) >= 11 is 4.78. The van der Waals surface area contributed by atoms with Crippen LogP contribution < -0.4 is 11.1 Å². The number of carbonyl (C=O) groups is 1. The van der Waals surface area contributed by atoms with Crippen molar-refractivity contribution in [3.8, 4) is 12.3 Å². The second-order valence-corrected chi connectivity index (χ2v) is 5.66. The third kappa shape index (κ3) is 4.33. The molecule has 0 bridgehead atoms. The van der Waals surface area contributed by atoms with E-state index in [1.54, 1.807) is 6.07 Å². The standard InChI is InChI=1S/C12H13BrN2OS/c1-3-6-15-12(16)8(2)17-11-7-9(13)4-5-10(11)14/h1,4-5,7-8H,6,14H2,2H3,(H,15,16). The first kappa shape index (κ1) is 13.9. The van der Waals surface area contributed by atoms with Crippen LogP contribution in [0.25, 0.3) is 0 Å². The number of rotatable bonds is 4. The number of terminal acetylenes is 1. The third-order valence-corrected chi connectivity index (χ3v) is 3.68. The van der Waals surface area contributed by atoms with Crippen LogP contribution in [0.15, 0.2) is 27.6 Å². The van der Waals surface area contributed by atoms with Crippen molar-refractivity contribution in [1.82, 2.24) is 5.32 Å². The summed E-state index contributed by atoms with van der Waals surface area (Å²) in [6, 6.07) is 5.56. The maximum Gasteiger partial charge on any atom is 0.233 e. The number of nitrogens with one attached hydrogen (secondary N) is 1. The summed E-state index contributed by atoms with van der Waals surface area (Å²) in [4.78, 5) is 12.5. The fraction of sp³-hybridized carbons (Fsp3) is 0.250. The highest BCUT2D eigenvalue weighted by atomic mass is 79.9. The van der Waals surface area contributed by atoms with E-state index in [1.807, 2.05) is 19.1 Å². The second-order valence-electron chi connectivity index (χ2n) is 3.36. The summed E-state index contributed by atoms with van der Waals surface area (Å²) in [6.45, 7) is 2.06. The maximum atomic E-state index is 11.6. The zero-order valence-corrected chi connectivity index (χ0v) is 11.8. The Balaban J connectivity index is 2.67. The van der Waals surface area contributed by atoms with Crippen molar-refractivity contribution < 1.29 is 4.79 Å². The van der Waals surface area contributed by atoms with Crippen molar-refractivity contribution in [2.75, 3.05) is 12.3 Å². The van der Waals surface area contributed by atoms with Gasteiger partial charge in [0.2, 0.25) is 5.91 Å². The van der Waals surface area contributed by atoms with Crippen molar-refractivity contribution in [3.05, 3.63) is 22.7 Å². The Morgan fingerprint density at radius 3 is 3.06 bits per heavy atom. The molecule has 17 heavy (non-hydrogen) atoms. The Bertz CT molecular complexity index is 456. The van der Waals surface area contributed by atoms with Crippen LogP contribution in [0.5, 0.6) is 0 Å². The van der Waals surface area contributed by atoms with E-state index in [0.717, 1.165) is 9.37 Å². The molecule has 5 heteroatoms. The van der Waals surface area contributed by atoms with Crippen LogP contribution in [-0.4, -0.2) is 17.7 Å². The minimum atomic E-state index is -0.236. The van der Waals surface area contributed by atoms with Gasteiger partial charge in [0.1, 0.15) is 0 Å². The molecule has 1 amide bonds. The first-order valence-electron chi connectivity index (χ1n) is 4.97. The van der Waals surface area contributed by atoms with Crippen LogP contribution >= 0.6 is 27.7 Å². The van der Waals surface area contributed by atoms with E-state index in [-0.39, 0.29) is 17.7 Å². The van der Waals surface area contributed by atoms with Gasteiger partial charge in [-0.1, -0.05) is 21.9 Å². The molecule has 1 unspecified atom stereocenters. The minimum absolute atomic E-state index is 0.0904. The first-order chi connectivity index (χ1) is 8.04. The van der Waals surface area contributed by atoms with E-state index in [4.69, 9.17) is 12.2 Å². The predicted octanol–water partition coefficient (Wildman–Crippen LogP) is 2.26. The van der Waals surface area contributed by atoms with Crippen molar-refractivity contribution in [2.45, 2.75) is 17.1 Å². The molecule has 90 valence electrons. The minimum Gasteiger partial charge on any atom is -0.398 e. The molecule has 0 aromatic heterocycles. The van der Waals surface area contributed by atoms with Gasteiger partial charge < -0.3 is 11.1 Å². The fourth-order valence-corrected chi connectivity index (χ4v) is 2.62. The second kappa shape index (κ2) is 6.58. The van der Waals surface area contributed by atoms with E-state index in [9.17, 15) is 4.79 Å². The number of nitrogens with two attached hydrogens (primary N) is 1. The molecule has 1 rings (SSSR count). The van der Waals surface area contributed by atoms with Crippen molar-refractivity contribution in [2.24, 2.45) is 0 Å². The molecule has 1 aromatic rings. The zero-order chi connectivity index (χ0) is 12.8. The molecule has 3 N–H and O–H groups in total. The number of halogens is 1. The number of carbonyl (C=O) groups excluding carboxylic acids is 1. The molecule has 1 atom stereocenters. The van der Waals surface area contributed by atoms with Gasteiger partial charge in [-0.2, -0.15) is 0 Å². The molecule has 0 spiro atoms. The predicted molar refractivity (Wildman–Crippen MR) is 75.7 cm³/mol. The van der Waals surface area contributed by atoms with Crippen LogP contribution in [-0.2, 0) is 4.79 Å². The molecule has 0 fully saturated rings. The first-order valence-corrected chi connectivity index (χ1v) is 6.64. The lowest BCUT2D eigenvalue weighted by molar-refractivity contribution is -0.120. The van der Waals surface area contributed by atoms with Crippen LogP contribution in [0.4, 0.5) is 5.69 Å². The zero-order valence-electron chi connectivity index (χ0n) is 9.37. The van der Waals surface area contributed by atoms with Gasteiger partial charge in [-0.25, -0.2) is 0 Å². The summed E-state index contributed by atoms with van der Waals surface area (Å²) in [5.74, 6) is 2.27. The van der Waals surface area contributed by atoms with Gasteiger partial charge in [-0.15, -0.1) is 18.2 Å². The van der Waals surface area contributed by atoms with Crippen molar-refractivity contribution >= 4 is 39.3 Å². The molecule has 0 aliphatic carbocycles. The summed E-state index contributed by atoms with van der Waals surface area (Å²) in [5, 5.41) is 2.40. The van der Waals surface area contributed by atoms with E-state index in [1.165, 1.54) is 11.8 Å². The Morgan fingerprint density at radius 2 is 2.41 bits per heavy atom. The highest BCUT2D eigenvalue weighted by Gasteiger charge is 2.15. The fourth-order valence-electron chi connectivity index (χ4n) is 1.14. The van der Waals surface area contributed by atoms with Crippen LogP contribution in [0.1, 0.15) is 6.92 Å². The van der Waals surface area contributed by atoms with Crippen LogP contribution in [0.3, 0.4) is 0 Å². The average molecular weight is 313 g/mol. The Kier molecular flexibility index (Phi) is 5.39. The molecule has 0 aliphatic heterocycles. The quantitative estimate of drug-likeness (QED) is 0.509. The normalized spacial score (nSPS) is 11.6. The molecule has 0 radical (unpaired) electrons. The van der Waals surface area contributed by atoms with Crippen molar-refractivity contribution in [3.63, 3.8) is 0 Å². The largest absolute Gasteiger partial charge is 0.398 e. The molecule has 0 saturated heterocycles. The summed E-state index contributed by atoms with van der Waals surface area (Å²) in [5.41, 5.74) is 6.49. The number of thioether (sulfide) groups is 1. The SMILES string of the molecule is C#CCNC(=O)C(C)Sc1cc(Br)ccc1N. The van der Waals surface area contributed by atoms with Crippen molar-refractivity contribution in [1.29, 1.82) is 0 Å². The molecular formula is C12H13BrN2OS. The van der Waals surface area contributed by atoms with Gasteiger partial charge in [0.15, 0.2) is 0 Å². The lowest BCUT2D eigenvalue weighted by Crippen LogP contribution is -2.31. The lowest BCUT2D eigenvalue weighted by Gasteiger charge is -2.12. The lowest BCUT2D eigenvalue weighted by atomic mass is 10.3. The average Bonchev–Trinajstić information content (AvgIpc) is 2.30. The number of nitrogen functional groups attached to an aromatic ring is 1. The molecule has 0 heterocycles. The van der Waals surface area contributed by atoms with Crippen LogP contribution in [0, 0.1) is 12.3 Å². The number of anilines is 1. The molecule has 0 saturated carbocycles. The molecule has 3 nitrogen and oxygen atoms in total. The smallest absolute Gasteiger partial charge is 0.233 e. The Morgan fingerprint density at radius 1 is 1.71 bits per heavy atom. The van der Waals surface area contributed by atoms with Gasteiger partial charge in [0.25, 0.3) is 0 Å². The van der Waals surface area contributed by atoms with Crippen LogP contribution in [0.2, 0.25) is 0 Å². The third-order valence-electron chi connectivity index (χ3n) is 2.01. The number of amides is 1. The molecular weight excluding hydrogens is 300 g/mol. The van der Waals surface area contributed by atoms with E-state index < -0.39 is 0 Å². The molecule has 0 aliphatic rings. The monoisotopic (exact) mass is 312 g/mol.